The molecule has 3 atom stereocenters. The number of hydrogen-bond acceptors (Lipinski definition) is 11. The molecule has 17 heteroatoms. The number of amides is 4. The molecule has 2 aromatic heterocycles. The molecular formula is C45H52F2N10O5. The molecule has 2 fully saturated rings. The van der Waals surface area contributed by atoms with Gasteiger partial charge in [0.2, 0.25) is 29.6 Å². The average Bonchev–Trinajstić information content (AvgIpc) is 3.87. The number of rotatable bonds is 8. The Hall–Kier alpha value is -6.23. The van der Waals surface area contributed by atoms with Crippen molar-refractivity contribution in [1.82, 2.24) is 30.7 Å². The van der Waals surface area contributed by atoms with E-state index in [-0.39, 0.29) is 36.8 Å². The van der Waals surface area contributed by atoms with Gasteiger partial charge in [0.15, 0.2) is 0 Å². The molecule has 4 aliphatic heterocycles. The van der Waals surface area contributed by atoms with Gasteiger partial charge in [-0.3, -0.25) is 29.5 Å². The quantitative estimate of drug-likeness (QED) is 0.136. The highest BCUT2D eigenvalue weighted by Gasteiger charge is 2.44. The first kappa shape index (κ1) is 42.5. The number of aromatic nitrogens is 3. The van der Waals surface area contributed by atoms with E-state index in [0.29, 0.717) is 79.4 Å². The number of hydrogen-bond donors (Lipinski definition) is 4. The largest absolute Gasteiger partial charge is 0.477 e. The summed E-state index contributed by atoms with van der Waals surface area (Å²) in [5.41, 5.74) is 4.62. The minimum absolute atomic E-state index is 0.00972. The fourth-order valence-corrected chi connectivity index (χ4v) is 8.91. The molecule has 4 amide bonds. The number of nitrogens with zero attached hydrogens (tertiary/aromatic N) is 6. The highest BCUT2D eigenvalue weighted by molar-refractivity contribution is 6.19. The summed E-state index contributed by atoms with van der Waals surface area (Å²) in [5, 5.41) is 16.4. The summed E-state index contributed by atoms with van der Waals surface area (Å²) in [6.07, 6.45) is 3.45. The van der Waals surface area contributed by atoms with Crippen LogP contribution in [0.4, 0.5) is 25.8 Å². The van der Waals surface area contributed by atoms with Gasteiger partial charge in [-0.25, -0.2) is 13.5 Å². The van der Waals surface area contributed by atoms with Crippen molar-refractivity contribution >= 4 is 46.7 Å². The van der Waals surface area contributed by atoms with Crippen LogP contribution in [0.5, 0.6) is 5.88 Å². The van der Waals surface area contributed by atoms with Crippen molar-refractivity contribution in [1.29, 1.82) is 0 Å². The van der Waals surface area contributed by atoms with Crippen LogP contribution in [0.1, 0.15) is 79.6 Å². The van der Waals surface area contributed by atoms with Crippen LogP contribution in [-0.2, 0) is 28.0 Å². The minimum Gasteiger partial charge on any atom is -0.477 e. The number of carbonyl (C=O) groups excluding carboxylic acids is 4. The van der Waals surface area contributed by atoms with Gasteiger partial charge in [0.05, 0.1) is 47.3 Å². The summed E-state index contributed by atoms with van der Waals surface area (Å²) in [4.78, 5) is 64.3. The Balaban J connectivity index is 0.889. The second-order valence-corrected chi connectivity index (χ2v) is 17.5. The van der Waals surface area contributed by atoms with Crippen LogP contribution in [0.2, 0.25) is 0 Å². The predicted molar refractivity (Wildman–Crippen MR) is 230 cm³/mol. The molecule has 0 radical (unpaired) electrons. The molecule has 2 aromatic carbocycles. The summed E-state index contributed by atoms with van der Waals surface area (Å²) >= 11 is 0. The lowest BCUT2D eigenvalue weighted by Crippen LogP contribution is -2.41. The van der Waals surface area contributed by atoms with Gasteiger partial charge in [-0.15, -0.1) is 0 Å². The third-order valence-corrected chi connectivity index (χ3v) is 12.2. The van der Waals surface area contributed by atoms with Crippen LogP contribution >= 0.6 is 0 Å². The molecule has 0 unspecified atom stereocenters. The smallest absolute Gasteiger partial charge is 0.280 e. The first-order valence-corrected chi connectivity index (χ1v) is 21.2. The van der Waals surface area contributed by atoms with E-state index in [1.54, 1.807) is 27.9 Å². The molecule has 0 saturated carbocycles. The maximum atomic E-state index is 15.3. The van der Waals surface area contributed by atoms with Gasteiger partial charge in [-0.2, -0.15) is 10.1 Å². The van der Waals surface area contributed by atoms with Crippen molar-refractivity contribution in [3.8, 4) is 17.1 Å². The second-order valence-electron chi connectivity index (χ2n) is 17.5. The fraction of sp³-hybridized carbons (Fsp3) is 0.444. The average molecular weight is 851 g/mol. The van der Waals surface area contributed by atoms with Crippen LogP contribution in [0, 0.1) is 35.8 Å². The number of piperidine rings is 1. The standard InChI is InChI=1S/C45H52F2N10O5/c1-25-7-6-14-62-43-31(21-50-55(43)5)36-17-28(15-26(2)51-36)40(59)54-44-52-35-10-8-27(16-37(35)57(44)22-25)20-48-12-13-49-42(61)32-23-56(24-45(32,3)4)29-18-33(46)39(34(47)19-29)30-9-11-38(58)53-41(30)60/h8,10,15-19,21,25,30,32,48H,6-7,9,11-14,20,22-24H2,1-5H3,(H,49,61)(H,52,54,59)(H,53,58,60)/t25-,30-,32-/m1/s1. The van der Waals surface area contributed by atoms with E-state index >= 15 is 8.78 Å². The van der Waals surface area contributed by atoms with Gasteiger partial charge >= 0.3 is 0 Å². The molecule has 4 aromatic rings. The van der Waals surface area contributed by atoms with Crippen LogP contribution in [0.3, 0.4) is 0 Å². The van der Waals surface area contributed by atoms with E-state index in [0.717, 1.165) is 29.8 Å². The lowest BCUT2D eigenvalue weighted by molar-refractivity contribution is -0.134. The Morgan fingerprint density at radius 1 is 1.02 bits per heavy atom. The van der Waals surface area contributed by atoms with Gasteiger partial charge in [0, 0.05) is 75.2 Å². The third-order valence-electron chi connectivity index (χ3n) is 12.2. The van der Waals surface area contributed by atoms with Gasteiger partial charge in [0.1, 0.15) is 11.6 Å². The molecule has 0 spiro atoms. The summed E-state index contributed by atoms with van der Waals surface area (Å²) in [7, 11) is 1.82. The molecule has 4 aliphatic rings. The zero-order valence-electron chi connectivity index (χ0n) is 35.6. The van der Waals surface area contributed by atoms with Crippen molar-refractivity contribution in [2.24, 2.45) is 29.3 Å². The molecule has 326 valence electrons. The predicted octanol–water partition coefficient (Wildman–Crippen LogP) is 5.19. The van der Waals surface area contributed by atoms with Gasteiger partial charge in [0.25, 0.3) is 5.91 Å². The number of anilines is 3. The van der Waals surface area contributed by atoms with E-state index in [1.165, 1.54) is 12.1 Å². The number of fused-ring (bicyclic) bond motifs is 7. The number of imide groups is 1. The number of nitrogens with one attached hydrogen (secondary N) is 4. The van der Waals surface area contributed by atoms with Gasteiger partial charge in [-0.05, 0) is 79.5 Å². The van der Waals surface area contributed by atoms with E-state index in [2.05, 4.69) is 54.2 Å². The Labute approximate surface area is 358 Å². The molecule has 4 N–H and O–H groups in total. The monoisotopic (exact) mass is 850 g/mol. The topological polar surface area (TPSA) is 175 Å². The van der Waals surface area contributed by atoms with E-state index in [9.17, 15) is 19.2 Å². The molecule has 15 nitrogen and oxygen atoms in total. The number of benzene rings is 2. The summed E-state index contributed by atoms with van der Waals surface area (Å²) in [5.74, 6) is -3.64. The van der Waals surface area contributed by atoms with Crippen LogP contribution in [0.25, 0.3) is 11.3 Å². The highest BCUT2D eigenvalue weighted by atomic mass is 19.1. The maximum Gasteiger partial charge on any atom is 0.280 e. The van der Waals surface area contributed by atoms with Gasteiger partial charge < -0.3 is 30.5 Å². The second kappa shape index (κ2) is 17.3. The Bertz CT molecular complexity index is 2450. The normalized spacial score (nSPS) is 22.0. The van der Waals surface area contributed by atoms with Crippen molar-refractivity contribution < 1.29 is 32.7 Å². The number of aliphatic imine (C=N–C) groups is 1. The zero-order valence-corrected chi connectivity index (χ0v) is 35.6. The van der Waals surface area contributed by atoms with Crippen molar-refractivity contribution in [3.05, 3.63) is 82.7 Å². The van der Waals surface area contributed by atoms with E-state index < -0.39 is 46.6 Å². The number of guanidine groups is 1. The first-order valence-electron chi connectivity index (χ1n) is 21.2. The molecular weight excluding hydrogens is 799 g/mol. The third kappa shape index (κ3) is 8.76. The maximum absolute atomic E-state index is 15.3. The Kier molecular flexibility index (Phi) is 11.8. The summed E-state index contributed by atoms with van der Waals surface area (Å²) in [6.45, 7) is 11.1. The first-order chi connectivity index (χ1) is 29.6. The van der Waals surface area contributed by atoms with Crippen LogP contribution < -0.4 is 35.8 Å². The summed E-state index contributed by atoms with van der Waals surface area (Å²) < 4.78 is 38.6. The molecule has 8 rings (SSSR count). The van der Waals surface area contributed by atoms with Crippen molar-refractivity contribution in [2.75, 3.05) is 54.4 Å². The van der Waals surface area contributed by atoms with Crippen LogP contribution in [-0.4, -0.2) is 83.7 Å². The van der Waals surface area contributed by atoms with E-state index in [4.69, 9.17) is 4.74 Å². The number of pyridine rings is 1. The lowest BCUT2D eigenvalue weighted by Gasteiger charge is -2.25. The lowest BCUT2D eigenvalue weighted by atomic mass is 9.81. The SMILES string of the molecule is Cc1cc2cc(n1)-c1cnn(C)c1OCCC[C@@H](C)CN1/C(=N/C2=O)Nc2ccc(CNCCNC(=O)[C@H]3CN(c4cc(F)c([C@H]5CCC(=O)NC5=O)c(F)c4)CC3(C)C)cc21. The number of aryl methyl sites for hydroxylation is 2. The molecule has 2 saturated heterocycles. The van der Waals surface area contributed by atoms with Crippen molar-refractivity contribution in [2.45, 2.75) is 65.8 Å². The fourth-order valence-electron chi connectivity index (χ4n) is 8.91. The highest BCUT2D eigenvalue weighted by Crippen LogP contribution is 2.40. The zero-order chi connectivity index (χ0) is 43.9. The number of halogens is 2. The van der Waals surface area contributed by atoms with Crippen LogP contribution in [0.15, 0.2) is 53.7 Å². The molecule has 6 heterocycles. The van der Waals surface area contributed by atoms with Gasteiger partial charge in [-0.1, -0.05) is 26.8 Å². The van der Waals surface area contributed by atoms with Crippen molar-refractivity contribution in [3.63, 3.8) is 0 Å². The Morgan fingerprint density at radius 3 is 2.58 bits per heavy atom. The summed E-state index contributed by atoms with van der Waals surface area (Å²) in [6, 6.07) is 11.9. The number of ether oxygens (including phenoxy) is 1. The van der Waals surface area contributed by atoms with E-state index in [1.807, 2.05) is 40.0 Å². The Morgan fingerprint density at radius 2 is 1.81 bits per heavy atom. The molecule has 2 bridgehead atoms. The molecule has 62 heavy (non-hydrogen) atoms. The molecule has 0 aliphatic carbocycles. The minimum atomic E-state index is -1.08. The number of carbonyl (C=O) groups is 4.